The van der Waals surface area contributed by atoms with E-state index in [2.05, 4.69) is 5.32 Å². The van der Waals surface area contributed by atoms with Gasteiger partial charge < -0.3 is 14.8 Å². The summed E-state index contributed by atoms with van der Waals surface area (Å²) < 4.78 is 10.2. The van der Waals surface area contributed by atoms with Crippen molar-refractivity contribution in [3.63, 3.8) is 0 Å². The number of rotatable bonds is 6. The molecule has 1 fully saturated rings. The lowest BCUT2D eigenvalue weighted by atomic mass is 10.1. The van der Waals surface area contributed by atoms with Crippen molar-refractivity contribution in [2.75, 3.05) is 19.7 Å². The molecule has 1 aliphatic rings. The lowest BCUT2D eigenvalue weighted by molar-refractivity contribution is -0.143. The Hall–Kier alpha value is -2.90. The van der Waals surface area contributed by atoms with Gasteiger partial charge in [0.05, 0.1) is 0 Å². The smallest absolute Gasteiger partial charge is 0.410 e. The minimum atomic E-state index is -0.723. The summed E-state index contributed by atoms with van der Waals surface area (Å²) >= 11 is 0. The molecular formula is C20H26N2O6. The van der Waals surface area contributed by atoms with Crippen LogP contribution in [0.15, 0.2) is 30.3 Å². The van der Waals surface area contributed by atoms with Crippen LogP contribution < -0.4 is 5.32 Å². The van der Waals surface area contributed by atoms with Crippen LogP contribution in [0.2, 0.25) is 0 Å². The van der Waals surface area contributed by atoms with E-state index in [1.807, 2.05) is 0 Å². The minimum absolute atomic E-state index is 0.327. The highest BCUT2D eigenvalue weighted by Crippen LogP contribution is 2.20. The highest BCUT2D eigenvalue weighted by molar-refractivity contribution is 5.98. The zero-order valence-electron chi connectivity index (χ0n) is 16.4. The fourth-order valence-electron chi connectivity index (χ4n) is 2.76. The maximum atomic E-state index is 12.4. The molecule has 8 nitrogen and oxygen atoms in total. The minimum Gasteiger partial charge on any atom is -0.456 e. The molecule has 1 atom stereocenters. The van der Waals surface area contributed by atoms with Gasteiger partial charge in [-0.1, -0.05) is 30.3 Å². The molecule has 8 heteroatoms. The quantitative estimate of drug-likeness (QED) is 0.588. The van der Waals surface area contributed by atoms with Gasteiger partial charge in [0.15, 0.2) is 12.4 Å². The third-order valence-electron chi connectivity index (χ3n) is 4.05. The van der Waals surface area contributed by atoms with Crippen molar-refractivity contribution in [3.05, 3.63) is 35.9 Å². The summed E-state index contributed by atoms with van der Waals surface area (Å²) in [4.78, 5) is 49.7. The predicted octanol–water partition coefficient (Wildman–Crippen LogP) is 1.93. The number of carbonyl (C=O) groups excluding carboxylic acids is 4. The molecule has 28 heavy (non-hydrogen) atoms. The van der Waals surface area contributed by atoms with Gasteiger partial charge >= 0.3 is 12.1 Å². The number of ether oxygens (including phenoxy) is 2. The second kappa shape index (κ2) is 9.34. The van der Waals surface area contributed by atoms with E-state index in [0.29, 0.717) is 24.9 Å². The van der Waals surface area contributed by atoms with Gasteiger partial charge in [-0.3, -0.25) is 19.3 Å². The molecule has 1 N–H and O–H groups in total. The van der Waals surface area contributed by atoms with Crippen molar-refractivity contribution in [3.8, 4) is 0 Å². The number of esters is 1. The summed E-state index contributed by atoms with van der Waals surface area (Å²) in [7, 11) is 0. The van der Waals surface area contributed by atoms with Crippen LogP contribution in [0.25, 0.3) is 0 Å². The molecule has 1 heterocycles. The zero-order valence-corrected chi connectivity index (χ0v) is 16.4. The number of ketones is 1. The van der Waals surface area contributed by atoms with Crippen molar-refractivity contribution < 1.29 is 28.7 Å². The molecular weight excluding hydrogens is 364 g/mol. The normalized spacial score (nSPS) is 16.4. The van der Waals surface area contributed by atoms with Crippen LogP contribution >= 0.6 is 0 Å². The summed E-state index contributed by atoms with van der Waals surface area (Å²) in [5, 5.41) is 2.46. The molecule has 2 amide bonds. The van der Waals surface area contributed by atoms with Gasteiger partial charge in [0.2, 0.25) is 5.91 Å². The third-order valence-corrected chi connectivity index (χ3v) is 4.05. The summed E-state index contributed by atoms with van der Waals surface area (Å²) in [5.74, 6) is -1.50. The van der Waals surface area contributed by atoms with E-state index in [-0.39, 0.29) is 12.3 Å². The van der Waals surface area contributed by atoms with Gasteiger partial charge in [-0.25, -0.2) is 4.79 Å². The van der Waals surface area contributed by atoms with E-state index in [4.69, 9.17) is 9.47 Å². The Morgan fingerprint density at radius 2 is 1.82 bits per heavy atom. The first kappa shape index (κ1) is 21.4. The molecule has 152 valence electrons. The molecule has 0 saturated carbocycles. The van der Waals surface area contributed by atoms with Crippen molar-refractivity contribution in [2.24, 2.45) is 0 Å². The van der Waals surface area contributed by atoms with Gasteiger partial charge in [0.25, 0.3) is 0 Å². The number of nitrogens with one attached hydrogen (secondary N) is 1. The highest BCUT2D eigenvalue weighted by atomic mass is 16.6. The molecule has 1 saturated heterocycles. The second-order valence-corrected chi connectivity index (χ2v) is 7.50. The molecule has 0 bridgehead atoms. The zero-order chi connectivity index (χ0) is 20.7. The number of carbonyl (C=O) groups is 4. The Morgan fingerprint density at radius 1 is 1.14 bits per heavy atom. The molecule has 1 aromatic rings. The molecule has 0 spiro atoms. The van der Waals surface area contributed by atoms with Gasteiger partial charge in [0, 0.05) is 12.1 Å². The summed E-state index contributed by atoms with van der Waals surface area (Å²) in [6.07, 6.45) is 0.612. The van der Waals surface area contributed by atoms with Crippen LogP contribution in [-0.4, -0.2) is 60.0 Å². The first-order chi connectivity index (χ1) is 13.2. The van der Waals surface area contributed by atoms with Crippen LogP contribution in [0.3, 0.4) is 0 Å². The number of amides is 2. The molecule has 1 unspecified atom stereocenters. The Labute approximate surface area is 164 Å². The average molecular weight is 390 g/mol. The van der Waals surface area contributed by atoms with Gasteiger partial charge in [-0.2, -0.15) is 0 Å². The van der Waals surface area contributed by atoms with E-state index in [1.54, 1.807) is 51.1 Å². The van der Waals surface area contributed by atoms with Crippen LogP contribution in [0.5, 0.6) is 0 Å². The summed E-state index contributed by atoms with van der Waals surface area (Å²) in [5.41, 5.74) is -0.214. The predicted molar refractivity (Wildman–Crippen MR) is 101 cm³/mol. The third kappa shape index (κ3) is 6.37. The summed E-state index contributed by atoms with van der Waals surface area (Å²) in [6.45, 7) is 4.91. The maximum absolute atomic E-state index is 12.4. The highest BCUT2D eigenvalue weighted by Gasteiger charge is 2.36. The standard InChI is InChI=1S/C20H26N2O6/c1-20(2,3)28-19(26)22-11-7-10-15(22)18(25)21-12-17(24)27-13-16(23)14-8-5-4-6-9-14/h4-6,8-9,15H,7,10-13H2,1-3H3,(H,21,25). The number of hydrogen-bond acceptors (Lipinski definition) is 6. The fourth-order valence-corrected chi connectivity index (χ4v) is 2.76. The van der Waals surface area contributed by atoms with Crippen LogP contribution in [-0.2, 0) is 19.1 Å². The first-order valence-corrected chi connectivity index (χ1v) is 9.18. The number of nitrogens with zero attached hydrogens (tertiary/aromatic N) is 1. The molecule has 0 radical (unpaired) electrons. The Bertz CT molecular complexity index is 726. The molecule has 0 aromatic heterocycles. The number of likely N-dealkylation sites (tertiary alicyclic amines) is 1. The molecule has 1 aromatic carbocycles. The summed E-state index contributed by atoms with van der Waals surface area (Å²) in [6, 6.07) is 7.78. The second-order valence-electron chi connectivity index (χ2n) is 7.50. The van der Waals surface area contributed by atoms with E-state index in [1.165, 1.54) is 4.90 Å². The van der Waals surface area contributed by atoms with E-state index in [0.717, 1.165) is 0 Å². The number of Topliss-reactive ketones (excluding diaryl/α,β-unsaturated/α-hetero) is 1. The first-order valence-electron chi connectivity index (χ1n) is 9.18. The molecule has 0 aliphatic carbocycles. The van der Waals surface area contributed by atoms with Gasteiger partial charge in [-0.15, -0.1) is 0 Å². The maximum Gasteiger partial charge on any atom is 0.410 e. The van der Waals surface area contributed by atoms with Crippen molar-refractivity contribution in [1.82, 2.24) is 10.2 Å². The topological polar surface area (TPSA) is 102 Å². The van der Waals surface area contributed by atoms with E-state index >= 15 is 0 Å². The lowest BCUT2D eigenvalue weighted by Gasteiger charge is -2.27. The van der Waals surface area contributed by atoms with E-state index < -0.39 is 36.2 Å². The van der Waals surface area contributed by atoms with E-state index in [9.17, 15) is 19.2 Å². The Kier molecular flexibility index (Phi) is 7.14. The van der Waals surface area contributed by atoms with Gasteiger partial charge in [-0.05, 0) is 33.6 Å². The molecule has 1 aliphatic heterocycles. The number of benzene rings is 1. The molecule has 2 rings (SSSR count). The largest absolute Gasteiger partial charge is 0.456 e. The average Bonchev–Trinajstić information content (AvgIpc) is 3.13. The number of hydrogen-bond donors (Lipinski definition) is 1. The van der Waals surface area contributed by atoms with Crippen molar-refractivity contribution >= 4 is 23.8 Å². The van der Waals surface area contributed by atoms with Crippen LogP contribution in [0.4, 0.5) is 4.79 Å². The van der Waals surface area contributed by atoms with Crippen molar-refractivity contribution in [1.29, 1.82) is 0 Å². The fraction of sp³-hybridized carbons (Fsp3) is 0.500. The van der Waals surface area contributed by atoms with Crippen molar-refractivity contribution in [2.45, 2.75) is 45.3 Å². The monoisotopic (exact) mass is 390 g/mol. The van der Waals surface area contributed by atoms with Gasteiger partial charge in [0.1, 0.15) is 18.2 Å². The van der Waals surface area contributed by atoms with Crippen LogP contribution in [0, 0.1) is 0 Å². The van der Waals surface area contributed by atoms with Crippen LogP contribution in [0.1, 0.15) is 44.0 Å². The Morgan fingerprint density at radius 3 is 2.46 bits per heavy atom. The lowest BCUT2D eigenvalue weighted by Crippen LogP contribution is -2.48. The Balaban J connectivity index is 1.78. The SMILES string of the molecule is CC(C)(C)OC(=O)N1CCCC1C(=O)NCC(=O)OCC(=O)c1ccccc1.